The number of ether oxygens (including phenoxy) is 2. The van der Waals surface area contributed by atoms with Gasteiger partial charge in [-0.05, 0) is 49.1 Å². The van der Waals surface area contributed by atoms with Gasteiger partial charge in [0.1, 0.15) is 5.75 Å². The van der Waals surface area contributed by atoms with Gasteiger partial charge in [-0.1, -0.05) is 18.2 Å². The molecule has 2 aromatic carbocycles. The third-order valence-corrected chi connectivity index (χ3v) is 4.48. The van der Waals surface area contributed by atoms with E-state index in [-0.39, 0.29) is 30.0 Å². The summed E-state index contributed by atoms with van der Waals surface area (Å²) < 4.78 is 10.7. The van der Waals surface area contributed by atoms with Crippen LogP contribution < -0.4 is 9.47 Å². The zero-order chi connectivity index (χ0) is 19.4. The summed E-state index contributed by atoms with van der Waals surface area (Å²) in [4.78, 5) is 25.1. The minimum absolute atomic E-state index is 0.119. The maximum absolute atomic E-state index is 12.7. The zero-order valence-electron chi connectivity index (χ0n) is 15.4. The van der Waals surface area contributed by atoms with Crippen molar-refractivity contribution in [2.45, 2.75) is 32.4 Å². The highest BCUT2D eigenvalue weighted by atomic mass is 16.6. The Morgan fingerprint density at radius 1 is 1.22 bits per heavy atom. The Labute approximate surface area is 157 Å². The molecule has 1 aliphatic carbocycles. The quantitative estimate of drug-likeness (QED) is 0.525. The number of nitro benzene ring substituents is 1. The van der Waals surface area contributed by atoms with Crippen LogP contribution in [0.1, 0.15) is 24.0 Å². The maximum atomic E-state index is 12.7. The van der Waals surface area contributed by atoms with Gasteiger partial charge in [0.2, 0.25) is 0 Å². The van der Waals surface area contributed by atoms with Crippen LogP contribution in [0.5, 0.6) is 11.5 Å². The van der Waals surface area contributed by atoms with Crippen molar-refractivity contribution in [2.24, 2.45) is 0 Å². The first-order chi connectivity index (χ1) is 13.0. The molecule has 0 N–H and O–H groups in total. The lowest BCUT2D eigenvalue weighted by molar-refractivity contribution is -0.385. The number of benzene rings is 2. The van der Waals surface area contributed by atoms with Gasteiger partial charge < -0.3 is 14.4 Å². The van der Waals surface area contributed by atoms with Crippen LogP contribution in [0.2, 0.25) is 0 Å². The van der Waals surface area contributed by atoms with Crippen LogP contribution in [0.3, 0.4) is 0 Å². The monoisotopic (exact) mass is 370 g/mol. The average Bonchev–Trinajstić information content (AvgIpc) is 3.49. The number of nitrogens with zero attached hydrogens (tertiary/aromatic N) is 2. The summed E-state index contributed by atoms with van der Waals surface area (Å²) in [5.41, 5.74) is 1.69. The van der Waals surface area contributed by atoms with E-state index in [0.717, 1.165) is 29.7 Å². The molecule has 3 rings (SSSR count). The van der Waals surface area contributed by atoms with Gasteiger partial charge in [-0.15, -0.1) is 0 Å². The van der Waals surface area contributed by atoms with E-state index in [1.54, 1.807) is 24.1 Å². The Hall–Kier alpha value is -3.09. The molecule has 0 aliphatic heterocycles. The van der Waals surface area contributed by atoms with Gasteiger partial charge >= 0.3 is 5.69 Å². The summed E-state index contributed by atoms with van der Waals surface area (Å²) in [6, 6.07) is 12.4. The lowest BCUT2D eigenvalue weighted by Gasteiger charge is -2.23. The van der Waals surface area contributed by atoms with Crippen LogP contribution in [0.25, 0.3) is 0 Å². The molecule has 1 aliphatic rings. The Morgan fingerprint density at radius 2 is 1.93 bits per heavy atom. The largest absolute Gasteiger partial charge is 0.497 e. The van der Waals surface area contributed by atoms with Gasteiger partial charge in [0.25, 0.3) is 5.91 Å². The number of carbonyl (C=O) groups excluding carboxylic acids is 1. The van der Waals surface area contributed by atoms with E-state index in [9.17, 15) is 14.9 Å². The molecule has 7 nitrogen and oxygen atoms in total. The van der Waals surface area contributed by atoms with Crippen LogP contribution in [-0.2, 0) is 11.3 Å². The number of rotatable bonds is 8. The maximum Gasteiger partial charge on any atom is 0.310 e. The van der Waals surface area contributed by atoms with E-state index in [1.807, 2.05) is 31.2 Å². The predicted octanol–water partition coefficient (Wildman–Crippen LogP) is 3.48. The van der Waals surface area contributed by atoms with E-state index in [1.165, 1.54) is 6.07 Å². The standard InChI is InChI=1S/C20H22N2O5/c1-14-3-10-18(22(24)25)19(11-14)27-13-20(23)21(16-6-7-16)12-15-4-8-17(26-2)9-5-15/h3-5,8-11,16H,6-7,12-13H2,1-2H3. The van der Waals surface area contributed by atoms with E-state index < -0.39 is 4.92 Å². The fourth-order valence-corrected chi connectivity index (χ4v) is 2.84. The summed E-state index contributed by atoms with van der Waals surface area (Å²) >= 11 is 0. The fraction of sp³-hybridized carbons (Fsp3) is 0.350. The molecule has 27 heavy (non-hydrogen) atoms. The van der Waals surface area contributed by atoms with Crippen molar-refractivity contribution in [1.29, 1.82) is 0 Å². The van der Waals surface area contributed by atoms with Gasteiger partial charge in [-0.2, -0.15) is 0 Å². The van der Waals surface area contributed by atoms with Gasteiger partial charge in [0.15, 0.2) is 12.4 Å². The van der Waals surface area contributed by atoms with E-state index in [4.69, 9.17) is 9.47 Å². The molecule has 0 saturated heterocycles. The van der Waals surface area contributed by atoms with Crippen molar-refractivity contribution in [3.8, 4) is 11.5 Å². The smallest absolute Gasteiger partial charge is 0.310 e. The molecule has 0 aromatic heterocycles. The number of aryl methyl sites for hydroxylation is 1. The summed E-state index contributed by atoms with van der Waals surface area (Å²) in [7, 11) is 1.61. The van der Waals surface area contributed by atoms with E-state index >= 15 is 0 Å². The lowest BCUT2D eigenvalue weighted by Crippen LogP contribution is -2.36. The third-order valence-electron chi connectivity index (χ3n) is 4.48. The van der Waals surface area contributed by atoms with Crippen molar-refractivity contribution in [1.82, 2.24) is 4.90 Å². The van der Waals surface area contributed by atoms with Crippen molar-refractivity contribution in [3.05, 3.63) is 63.7 Å². The highest BCUT2D eigenvalue weighted by molar-refractivity contribution is 5.78. The van der Waals surface area contributed by atoms with Crippen molar-refractivity contribution < 1.29 is 19.2 Å². The Morgan fingerprint density at radius 3 is 2.52 bits per heavy atom. The second kappa shape index (κ2) is 8.07. The Balaban J connectivity index is 1.67. The van der Waals surface area contributed by atoms with Gasteiger partial charge in [0, 0.05) is 18.7 Å². The van der Waals surface area contributed by atoms with Gasteiger partial charge in [0.05, 0.1) is 12.0 Å². The first-order valence-electron chi connectivity index (χ1n) is 8.78. The van der Waals surface area contributed by atoms with Crippen LogP contribution in [0.4, 0.5) is 5.69 Å². The molecular formula is C20H22N2O5. The SMILES string of the molecule is COc1ccc(CN(C(=O)COc2cc(C)ccc2[N+](=O)[O-])C2CC2)cc1. The minimum atomic E-state index is -0.505. The van der Waals surface area contributed by atoms with Gasteiger partial charge in [-0.3, -0.25) is 14.9 Å². The molecule has 1 saturated carbocycles. The van der Waals surface area contributed by atoms with Gasteiger partial charge in [-0.25, -0.2) is 0 Å². The second-order valence-electron chi connectivity index (χ2n) is 6.62. The first-order valence-corrected chi connectivity index (χ1v) is 8.78. The number of amides is 1. The van der Waals surface area contributed by atoms with Crippen molar-refractivity contribution in [3.63, 3.8) is 0 Å². The average molecular weight is 370 g/mol. The predicted molar refractivity (Wildman–Crippen MR) is 99.9 cm³/mol. The summed E-state index contributed by atoms with van der Waals surface area (Å²) in [6.07, 6.45) is 1.93. The normalized spacial score (nSPS) is 13.1. The van der Waals surface area contributed by atoms with Crippen molar-refractivity contribution in [2.75, 3.05) is 13.7 Å². The van der Waals surface area contributed by atoms with Crippen LogP contribution in [0, 0.1) is 17.0 Å². The molecule has 0 unspecified atom stereocenters. The molecule has 0 atom stereocenters. The van der Waals surface area contributed by atoms with E-state index in [0.29, 0.717) is 6.54 Å². The molecule has 1 fully saturated rings. The van der Waals surface area contributed by atoms with Crippen LogP contribution >= 0.6 is 0 Å². The Kier molecular flexibility index (Phi) is 5.59. The number of nitro groups is 1. The molecule has 0 bridgehead atoms. The Bertz CT molecular complexity index is 831. The number of hydrogen-bond acceptors (Lipinski definition) is 5. The molecule has 142 valence electrons. The molecule has 0 radical (unpaired) electrons. The van der Waals surface area contributed by atoms with Crippen molar-refractivity contribution >= 4 is 11.6 Å². The summed E-state index contributed by atoms with van der Waals surface area (Å²) in [5, 5.41) is 11.1. The topological polar surface area (TPSA) is 81.9 Å². The number of hydrogen-bond donors (Lipinski definition) is 0. The molecule has 7 heteroatoms. The van der Waals surface area contributed by atoms with Crippen LogP contribution in [0.15, 0.2) is 42.5 Å². The van der Waals surface area contributed by atoms with E-state index in [2.05, 4.69) is 0 Å². The highest BCUT2D eigenvalue weighted by Gasteiger charge is 2.33. The minimum Gasteiger partial charge on any atom is -0.497 e. The molecular weight excluding hydrogens is 348 g/mol. The summed E-state index contributed by atoms with van der Waals surface area (Å²) in [6.45, 7) is 2.07. The molecule has 0 heterocycles. The first kappa shape index (κ1) is 18.7. The zero-order valence-corrected chi connectivity index (χ0v) is 15.4. The third kappa shape index (κ3) is 4.75. The highest BCUT2D eigenvalue weighted by Crippen LogP contribution is 2.30. The molecule has 1 amide bonds. The van der Waals surface area contributed by atoms with Crippen LogP contribution in [-0.4, -0.2) is 35.5 Å². The lowest BCUT2D eigenvalue weighted by atomic mass is 10.2. The molecule has 0 spiro atoms. The second-order valence-corrected chi connectivity index (χ2v) is 6.62. The fourth-order valence-electron chi connectivity index (χ4n) is 2.84. The molecule has 2 aromatic rings. The number of carbonyl (C=O) groups is 1. The number of methoxy groups -OCH3 is 1. The summed E-state index contributed by atoms with van der Waals surface area (Å²) in [5.74, 6) is 0.704.